The molecule has 0 spiro atoms. The first kappa shape index (κ1) is 21.2. The van der Waals surface area contributed by atoms with Crippen molar-refractivity contribution in [2.24, 2.45) is 12.8 Å². The van der Waals surface area contributed by atoms with Gasteiger partial charge in [-0.1, -0.05) is 35.3 Å². The van der Waals surface area contributed by atoms with Crippen LogP contribution in [0.3, 0.4) is 0 Å². The number of nitrogens with two attached hydrogens (primary N) is 1. The van der Waals surface area contributed by atoms with E-state index in [9.17, 15) is 18.0 Å². The second-order valence-electron chi connectivity index (χ2n) is 6.43. The van der Waals surface area contributed by atoms with E-state index in [0.29, 0.717) is 17.1 Å². The van der Waals surface area contributed by atoms with E-state index in [-0.39, 0.29) is 34.8 Å². The van der Waals surface area contributed by atoms with Gasteiger partial charge in [0, 0.05) is 24.1 Å². The Morgan fingerprint density at radius 1 is 1.28 bits per heavy atom. The third-order valence-corrected chi connectivity index (χ3v) is 5.09. The molecule has 0 aliphatic heterocycles. The molecule has 0 fully saturated rings. The van der Waals surface area contributed by atoms with Gasteiger partial charge in [0.05, 0.1) is 17.0 Å². The van der Waals surface area contributed by atoms with Crippen molar-refractivity contribution >= 4 is 29.1 Å². The lowest BCUT2D eigenvalue weighted by Gasteiger charge is -2.07. The summed E-state index contributed by atoms with van der Waals surface area (Å²) in [6.45, 7) is 0. The van der Waals surface area contributed by atoms with E-state index in [4.69, 9.17) is 28.9 Å². The summed E-state index contributed by atoms with van der Waals surface area (Å²) in [6.07, 6.45) is -4.41. The minimum absolute atomic E-state index is 0.0266. The lowest BCUT2D eigenvalue weighted by molar-refractivity contribution is -0.142. The number of aromatic amines is 1. The SMILES string of the molecule is Cn1nc(C(F)(F)F)c(CCc2n[nH]c(Cc3cccc(Cl)c3)c2C(N)=O)c1Cl. The predicted octanol–water partition coefficient (Wildman–Crippen LogP) is 3.94. The standard InChI is InChI=1S/C18H16Cl2F3N5O/c1-28-16(20)11(15(27-28)18(21,22)23)5-6-12-14(17(24)29)13(26-25-12)8-9-3-2-4-10(19)7-9/h2-4,7H,5-6,8H2,1H3,(H2,24,29)(H,25,26). The van der Waals surface area contributed by atoms with Gasteiger partial charge >= 0.3 is 6.18 Å². The highest BCUT2D eigenvalue weighted by Gasteiger charge is 2.38. The number of H-pyrrole nitrogens is 1. The molecule has 1 amide bonds. The molecule has 0 saturated heterocycles. The molecule has 2 aromatic heterocycles. The normalized spacial score (nSPS) is 11.8. The van der Waals surface area contributed by atoms with E-state index in [1.807, 2.05) is 6.07 Å². The van der Waals surface area contributed by atoms with Crippen LogP contribution in [0.5, 0.6) is 0 Å². The van der Waals surface area contributed by atoms with Crippen LogP contribution in [0.15, 0.2) is 24.3 Å². The Morgan fingerprint density at radius 2 is 2.00 bits per heavy atom. The number of amides is 1. The Bertz CT molecular complexity index is 1060. The van der Waals surface area contributed by atoms with Gasteiger partial charge in [0.25, 0.3) is 5.91 Å². The molecule has 154 valence electrons. The molecule has 1 aromatic carbocycles. The van der Waals surface area contributed by atoms with Crippen LogP contribution in [-0.4, -0.2) is 25.9 Å². The Kier molecular flexibility index (Phi) is 5.90. The van der Waals surface area contributed by atoms with Crippen molar-refractivity contribution in [3.8, 4) is 0 Å². The maximum absolute atomic E-state index is 13.2. The van der Waals surface area contributed by atoms with E-state index in [1.54, 1.807) is 18.2 Å². The smallest absolute Gasteiger partial charge is 0.365 e. The van der Waals surface area contributed by atoms with Gasteiger partial charge in [-0.3, -0.25) is 14.6 Å². The van der Waals surface area contributed by atoms with Crippen molar-refractivity contribution in [3.63, 3.8) is 0 Å². The van der Waals surface area contributed by atoms with Gasteiger partial charge in [-0.25, -0.2) is 0 Å². The predicted molar refractivity (Wildman–Crippen MR) is 102 cm³/mol. The van der Waals surface area contributed by atoms with Gasteiger partial charge in [-0.2, -0.15) is 23.4 Å². The summed E-state index contributed by atoms with van der Waals surface area (Å²) in [6, 6.07) is 7.04. The molecule has 0 radical (unpaired) electrons. The first-order valence-corrected chi connectivity index (χ1v) is 9.22. The van der Waals surface area contributed by atoms with E-state index in [2.05, 4.69) is 15.3 Å². The van der Waals surface area contributed by atoms with Crippen LogP contribution in [0.4, 0.5) is 13.2 Å². The third kappa shape index (κ3) is 4.56. The van der Waals surface area contributed by atoms with Crippen molar-refractivity contribution in [3.05, 3.63) is 68.2 Å². The molecule has 0 saturated carbocycles. The number of carbonyl (C=O) groups is 1. The number of halogens is 5. The highest BCUT2D eigenvalue weighted by Crippen LogP contribution is 2.35. The van der Waals surface area contributed by atoms with Crippen LogP contribution in [0.1, 0.15) is 38.6 Å². The summed E-state index contributed by atoms with van der Waals surface area (Å²) in [5.41, 5.74) is 5.99. The van der Waals surface area contributed by atoms with Crippen molar-refractivity contribution < 1.29 is 18.0 Å². The minimum Gasteiger partial charge on any atom is -0.365 e. The van der Waals surface area contributed by atoms with Crippen molar-refractivity contribution in [1.82, 2.24) is 20.0 Å². The summed E-state index contributed by atoms with van der Waals surface area (Å²) in [5, 5.41) is 10.7. The molecular weight excluding hydrogens is 430 g/mol. The zero-order chi connectivity index (χ0) is 21.3. The first-order chi connectivity index (χ1) is 13.6. The summed E-state index contributed by atoms with van der Waals surface area (Å²) < 4.78 is 40.6. The first-order valence-electron chi connectivity index (χ1n) is 8.46. The lowest BCUT2D eigenvalue weighted by atomic mass is 10.0. The van der Waals surface area contributed by atoms with Crippen LogP contribution >= 0.6 is 23.2 Å². The van der Waals surface area contributed by atoms with E-state index >= 15 is 0 Å². The number of hydrogen-bond donors (Lipinski definition) is 2. The molecule has 6 nitrogen and oxygen atoms in total. The summed E-state index contributed by atoms with van der Waals surface area (Å²) >= 11 is 12.0. The Balaban J connectivity index is 1.88. The van der Waals surface area contributed by atoms with E-state index in [0.717, 1.165) is 10.2 Å². The topological polar surface area (TPSA) is 89.6 Å². The van der Waals surface area contributed by atoms with Crippen LogP contribution in [0.2, 0.25) is 10.2 Å². The van der Waals surface area contributed by atoms with E-state index < -0.39 is 17.8 Å². The second kappa shape index (κ2) is 8.08. The molecule has 29 heavy (non-hydrogen) atoms. The number of aromatic nitrogens is 4. The number of hydrogen-bond acceptors (Lipinski definition) is 3. The molecule has 0 atom stereocenters. The summed E-state index contributed by atoms with van der Waals surface area (Å²) in [7, 11) is 1.33. The number of rotatable bonds is 6. The maximum atomic E-state index is 13.2. The van der Waals surface area contributed by atoms with Crippen LogP contribution < -0.4 is 5.73 Å². The molecule has 3 aromatic rings. The zero-order valence-electron chi connectivity index (χ0n) is 15.1. The fraction of sp³-hybridized carbons (Fsp3) is 0.278. The van der Waals surface area contributed by atoms with Gasteiger partial charge in [-0.05, 0) is 30.5 Å². The quantitative estimate of drug-likeness (QED) is 0.601. The van der Waals surface area contributed by atoms with Gasteiger partial charge in [0.1, 0.15) is 5.15 Å². The number of primary amides is 1. The second-order valence-corrected chi connectivity index (χ2v) is 7.23. The number of aryl methyl sites for hydroxylation is 2. The average Bonchev–Trinajstić information content (AvgIpc) is 3.14. The third-order valence-electron chi connectivity index (χ3n) is 4.38. The monoisotopic (exact) mass is 445 g/mol. The summed E-state index contributed by atoms with van der Waals surface area (Å²) in [5.74, 6) is -0.723. The van der Waals surface area contributed by atoms with Gasteiger partial charge < -0.3 is 5.73 Å². The van der Waals surface area contributed by atoms with Gasteiger partial charge in [-0.15, -0.1) is 0 Å². The number of carbonyl (C=O) groups excluding carboxylic acids is 1. The van der Waals surface area contributed by atoms with Crippen molar-refractivity contribution in [2.75, 3.05) is 0 Å². The Morgan fingerprint density at radius 3 is 2.62 bits per heavy atom. The molecule has 3 N–H and O–H groups in total. The molecule has 3 rings (SSSR count). The molecule has 2 heterocycles. The largest absolute Gasteiger partial charge is 0.435 e. The van der Waals surface area contributed by atoms with E-state index in [1.165, 1.54) is 7.05 Å². The highest BCUT2D eigenvalue weighted by atomic mass is 35.5. The summed E-state index contributed by atoms with van der Waals surface area (Å²) in [4.78, 5) is 12.0. The van der Waals surface area contributed by atoms with Gasteiger partial charge in [0.15, 0.2) is 5.69 Å². The highest BCUT2D eigenvalue weighted by molar-refractivity contribution is 6.30. The maximum Gasteiger partial charge on any atom is 0.435 e. The van der Waals surface area contributed by atoms with Crippen LogP contribution in [0.25, 0.3) is 0 Å². The van der Waals surface area contributed by atoms with Crippen molar-refractivity contribution in [2.45, 2.75) is 25.4 Å². The number of alkyl halides is 3. The molecular formula is C18H16Cl2F3N5O. The zero-order valence-corrected chi connectivity index (χ0v) is 16.7. The van der Waals surface area contributed by atoms with Crippen molar-refractivity contribution in [1.29, 1.82) is 0 Å². The van der Waals surface area contributed by atoms with Crippen LogP contribution in [-0.2, 0) is 32.5 Å². The number of nitrogens with one attached hydrogen (secondary N) is 1. The number of benzene rings is 1. The van der Waals surface area contributed by atoms with Crippen LogP contribution in [0, 0.1) is 0 Å². The molecule has 0 bridgehead atoms. The Hall–Kier alpha value is -2.52. The minimum atomic E-state index is -4.64. The molecule has 0 aliphatic carbocycles. The Labute approximate surface area is 173 Å². The average molecular weight is 446 g/mol. The molecule has 0 aliphatic rings. The fourth-order valence-electron chi connectivity index (χ4n) is 3.11. The fourth-order valence-corrected chi connectivity index (χ4v) is 3.55. The molecule has 0 unspecified atom stereocenters. The van der Waals surface area contributed by atoms with Gasteiger partial charge in [0.2, 0.25) is 0 Å². The number of nitrogens with zero attached hydrogens (tertiary/aromatic N) is 3. The molecule has 11 heteroatoms. The lowest BCUT2D eigenvalue weighted by Crippen LogP contribution is -2.16.